The molecular formula is C119H133BrN8O8Si2. The average molecular weight is 1940 g/mol. The molecule has 712 valence electrons. The molecule has 4 N–H and O–H groups in total. The summed E-state index contributed by atoms with van der Waals surface area (Å²) in [6.45, 7) is 45.3. The molecule has 0 aromatic heterocycles. The van der Waals surface area contributed by atoms with E-state index in [1.54, 1.807) is 12.1 Å². The van der Waals surface area contributed by atoms with Gasteiger partial charge in [-0.05, 0) is 261 Å². The van der Waals surface area contributed by atoms with Crippen LogP contribution < -0.4 is 19.3 Å². The number of hydrogen-bond donors (Lipinski definition) is 4. The van der Waals surface area contributed by atoms with Crippen molar-refractivity contribution in [2.75, 3.05) is 29.6 Å². The third kappa shape index (κ3) is 27.4. The fraction of sp³-hybridized carbons (Fsp3) is 0.361. The van der Waals surface area contributed by atoms with Gasteiger partial charge in [-0.25, -0.2) is 0 Å². The van der Waals surface area contributed by atoms with Crippen molar-refractivity contribution in [3.8, 4) is 77.1 Å². The van der Waals surface area contributed by atoms with E-state index in [-0.39, 0.29) is 92.9 Å². The number of fused-ring (bicyclic) bond motifs is 2. The number of anilines is 2. The molecule has 13 rings (SSSR count). The number of allylic oxidation sites excluding steroid dienone is 16. The maximum absolute atomic E-state index is 10.3. The summed E-state index contributed by atoms with van der Waals surface area (Å²) in [7, 11) is -2.60. The molecule has 16 nitrogen and oxygen atoms in total. The van der Waals surface area contributed by atoms with Gasteiger partial charge in [0.25, 0.3) is 0 Å². The fourth-order valence-electron chi connectivity index (χ4n) is 17.5. The molecular weight excluding hydrogens is 1810 g/mol. The largest absolute Gasteiger partial charge is 0.508 e. The van der Waals surface area contributed by atoms with Gasteiger partial charge in [-0.1, -0.05) is 264 Å². The molecule has 0 spiro atoms. The molecule has 0 amide bonds. The van der Waals surface area contributed by atoms with E-state index in [1.807, 2.05) is 137 Å². The lowest BCUT2D eigenvalue weighted by Crippen LogP contribution is -2.27. The molecule has 2 aliphatic carbocycles. The van der Waals surface area contributed by atoms with Crippen LogP contribution in [0.2, 0.25) is 39.3 Å². The van der Waals surface area contributed by atoms with Crippen molar-refractivity contribution in [1.29, 1.82) is 31.6 Å². The van der Waals surface area contributed by atoms with Crippen molar-refractivity contribution >= 4 is 43.5 Å². The lowest BCUT2D eigenvalue weighted by atomic mass is 9.70. The molecule has 19 heteroatoms. The highest BCUT2D eigenvalue weighted by Crippen LogP contribution is 2.53. The monoisotopic (exact) mass is 1940 g/mol. The maximum Gasteiger partial charge on any atom is 0.172 e. The third-order valence-electron chi connectivity index (χ3n) is 25.7. The summed E-state index contributed by atoms with van der Waals surface area (Å²) in [6.07, 6.45) is 29.6. The van der Waals surface area contributed by atoms with Crippen LogP contribution in [0.4, 0.5) is 11.4 Å². The van der Waals surface area contributed by atoms with Crippen LogP contribution in [0.3, 0.4) is 0 Å². The molecule has 0 radical (unpaired) electrons. The number of terminal acetylenes is 1. The fourth-order valence-corrected chi connectivity index (χ4v) is 18.3. The number of ether oxygens (including phenoxy) is 4. The molecule has 7 aromatic carbocycles. The van der Waals surface area contributed by atoms with Gasteiger partial charge in [-0.2, -0.15) is 31.6 Å². The molecule has 0 bridgehead atoms. The summed E-state index contributed by atoms with van der Waals surface area (Å²) in [4.78, 5) is 4.87. The van der Waals surface area contributed by atoms with Gasteiger partial charge in [-0.15, -0.1) is 17.5 Å². The summed E-state index contributed by atoms with van der Waals surface area (Å²) in [5.41, 5.74) is 22.9. The third-order valence-corrected chi connectivity index (χ3v) is 27.9. The van der Waals surface area contributed by atoms with Gasteiger partial charge < -0.3 is 49.2 Å². The Hall–Kier alpha value is -13.1. The topological polar surface area (TPSA) is 267 Å². The van der Waals surface area contributed by atoms with Crippen molar-refractivity contribution in [1.82, 2.24) is 0 Å². The average Bonchev–Trinajstić information content (AvgIpc) is 1.58. The van der Waals surface area contributed by atoms with Crippen molar-refractivity contribution in [2.45, 2.75) is 236 Å². The normalized spacial score (nSPS) is 18.4. The van der Waals surface area contributed by atoms with Crippen molar-refractivity contribution in [2.24, 2.45) is 22.7 Å². The zero-order valence-electron chi connectivity index (χ0n) is 84.0. The SMILES string of the molecule is C#C[Si](C)(C)C.CC1(C)OC(=C(C#N)C#N)C(C#N)=C1/C=C/C1=C(Oc2ccc(CCCO)cc2)C(=C/C=C2/N(Cc3ccc(Br)cc3)c3ccccc3C2(C)C)/CC(C(C)(C)C)C1.CC1(C)OC(=C(C#N)C#N)C(C#N)=C1/C=C/C1=C(Oc2ccc(CCCO)cc2)C(=C/C=C2/N(Cc3ccc(C#C[Si](C)(C)C)cc3)c3ccccc3C2(C)C)/CC(C(C)(C)C)C1.OCCCc1ccc(O)cc1. The Morgan fingerprint density at radius 2 is 0.804 bits per heavy atom. The number of rotatable bonds is 23. The van der Waals surface area contributed by atoms with Gasteiger partial charge in [0.2, 0.25) is 0 Å². The Labute approximate surface area is 831 Å². The number of aliphatic hydroxyl groups excluding tert-OH is 3. The molecule has 2 atom stereocenters. The van der Waals surface area contributed by atoms with E-state index in [9.17, 15) is 41.8 Å². The molecule has 6 aliphatic rings. The number of aliphatic hydroxyl groups is 3. The number of nitriles is 6. The molecule has 0 saturated heterocycles. The van der Waals surface area contributed by atoms with Gasteiger partial charge in [0.15, 0.2) is 22.7 Å². The number of nitrogens with zero attached hydrogens (tertiary/aromatic N) is 8. The molecule has 2 unspecified atom stereocenters. The van der Waals surface area contributed by atoms with E-state index >= 15 is 0 Å². The lowest BCUT2D eigenvalue weighted by molar-refractivity contribution is 0.0950. The number of phenols is 1. The Balaban J connectivity index is 0.000000243. The molecule has 4 aliphatic heterocycles. The first-order valence-corrected chi connectivity index (χ1v) is 55.2. The van der Waals surface area contributed by atoms with Crippen LogP contribution in [0.1, 0.15) is 186 Å². The summed E-state index contributed by atoms with van der Waals surface area (Å²) < 4.78 is 27.2. The number of halogens is 1. The highest BCUT2D eigenvalue weighted by Gasteiger charge is 2.45. The highest BCUT2D eigenvalue weighted by molar-refractivity contribution is 9.10. The van der Waals surface area contributed by atoms with Crippen LogP contribution in [-0.4, -0.2) is 67.6 Å². The molecule has 4 heterocycles. The smallest absolute Gasteiger partial charge is 0.172 e. The second-order valence-electron chi connectivity index (χ2n) is 42.0. The van der Waals surface area contributed by atoms with Crippen LogP contribution in [0.5, 0.6) is 17.2 Å². The van der Waals surface area contributed by atoms with Gasteiger partial charge in [0.1, 0.15) is 104 Å². The number of phenolic OH excluding ortho intramolecular Hbond substituents is 1. The highest BCUT2D eigenvalue weighted by atomic mass is 79.9. The Morgan fingerprint density at radius 3 is 1.13 bits per heavy atom. The summed E-state index contributed by atoms with van der Waals surface area (Å²) in [5.74, 6) is 7.13. The number of benzene rings is 7. The van der Waals surface area contributed by atoms with Crippen LogP contribution >= 0.6 is 15.9 Å². The minimum absolute atomic E-state index is 0.0127. The van der Waals surface area contributed by atoms with Crippen molar-refractivity contribution < 1.29 is 39.4 Å². The molecule has 0 fully saturated rings. The quantitative estimate of drug-likeness (QED) is 0.0263. The maximum atomic E-state index is 10.3. The van der Waals surface area contributed by atoms with Gasteiger partial charge >= 0.3 is 0 Å². The predicted octanol–water partition coefficient (Wildman–Crippen LogP) is 26.8. The summed E-state index contributed by atoms with van der Waals surface area (Å²) >= 11 is 3.59. The van der Waals surface area contributed by atoms with Crippen molar-refractivity contribution in [3.63, 3.8) is 0 Å². The number of aromatic hydroxyl groups is 1. The van der Waals surface area contributed by atoms with Crippen LogP contribution in [0.15, 0.2) is 313 Å². The molecule has 138 heavy (non-hydrogen) atoms. The zero-order valence-corrected chi connectivity index (χ0v) is 87.6. The Morgan fingerprint density at radius 1 is 0.464 bits per heavy atom. The number of para-hydroxylation sites is 2. The second-order valence-corrected chi connectivity index (χ2v) is 52.5. The van der Waals surface area contributed by atoms with Crippen LogP contribution in [0.25, 0.3) is 0 Å². The predicted molar refractivity (Wildman–Crippen MR) is 564 cm³/mol. The van der Waals surface area contributed by atoms with E-state index in [1.165, 1.54) is 45.0 Å². The lowest BCUT2D eigenvalue weighted by Gasteiger charge is -2.36. The van der Waals surface area contributed by atoms with Gasteiger partial charge in [-0.3, -0.25) is 0 Å². The minimum atomic E-state index is -1.50. The van der Waals surface area contributed by atoms with E-state index in [0.717, 1.165) is 112 Å². The van der Waals surface area contributed by atoms with Gasteiger partial charge in [0, 0.05) is 87.7 Å². The van der Waals surface area contributed by atoms with E-state index < -0.39 is 27.3 Å². The Bertz CT molecular complexity index is 6380. The molecule has 0 saturated carbocycles. The first kappa shape index (κ1) is 107. The van der Waals surface area contributed by atoms with E-state index in [2.05, 4.69) is 285 Å². The van der Waals surface area contributed by atoms with E-state index in [0.29, 0.717) is 48.6 Å². The Kier molecular flexibility index (Phi) is 35.9. The summed E-state index contributed by atoms with van der Waals surface area (Å²) in [5, 5.41) is 95.6. The van der Waals surface area contributed by atoms with Gasteiger partial charge in [0.05, 0.1) is 0 Å². The zero-order chi connectivity index (χ0) is 101. The number of aryl methyl sites for hydroxylation is 3. The number of hydrogen-bond acceptors (Lipinski definition) is 16. The first-order chi connectivity index (χ1) is 65.3. The van der Waals surface area contributed by atoms with Crippen molar-refractivity contribution in [3.05, 3.63) is 358 Å². The standard InChI is InChI=1S/C55H60N4O3Si.C50H51BrN4O3.C9H12O2.C5H10Si/c1-53(2,3)44-32-41(23-27-47-46(36-58)52(43(34-56)35-57)62-55(47,6)7)51(61-45-25-21-38(22-26-45)14-13-30-60)42(33-44)24-28-50-54(4,5)48-15-11-12-16-49(48)59(50)37-40-19-17-39(18-20-40)29-31-63(8,9)10;1-48(2,3)38-27-35(18-24-42-41(31-54)47(37(29-52)30-53)58-50(42,6)7)46(57-40-22-16-33(17-23-40)11-10-26-56)36(28-38)19-25-45-49(4,5)43-12-8-9-13-44(43)55(45)32-34-14-20-39(51)21-15-34;10-7-1-2-8-3-5-9(11)6-4-8;1-5-6(2,3)4/h11-12,15-28,44,60H,13-14,30,32-33,37H2,1-10H3;8-9,12-25,38,56H,10-11,26-28,32H2,1-7H3;3-6,10-11H,1-2,7H2;1H,2-4H3/b27-23+,42-24+,50-28+;24-18+,36-19+,45-25+;;. The second kappa shape index (κ2) is 46.4. The summed E-state index contributed by atoms with van der Waals surface area (Å²) in [6, 6.07) is 69.7. The van der Waals surface area contributed by atoms with E-state index in [4.69, 9.17) is 35.6 Å². The van der Waals surface area contributed by atoms with Crippen LogP contribution in [-0.2, 0) is 52.7 Å². The van der Waals surface area contributed by atoms with Crippen LogP contribution in [0, 0.1) is 114 Å². The minimum Gasteiger partial charge on any atom is -0.508 e. The first-order valence-electron chi connectivity index (χ1n) is 47.4. The molecule has 7 aromatic rings.